The third-order valence-electron chi connectivity index (χ3n) is 8.38. The van der Waals surface area contributed by atoms with Gasteiger partial charge in [-0.1, -0.05) is 6.07 Å². The molecule has 0 atom stereocenters. The number of thiazole rings is 1. The van der Waals surface area contributed by atoms with Crippen molar-refractivity contribution >= 4 is 58.3 Å². The number of methoxy groups -OCH3 is 1. The van der Waals surface area contributed by atoms with Crippen LogP contribution in [0.25, 0.3) is 10.6 Å². The Morgan fingerprint density at radius 3 is 2.39 bits per heavy atom. The highest BCUT2D eigenvalue weighted by molar-refractivity contribution is 7.17. The molecular formula is C30H43B3N8O4S. The Bertz CT molecular complexity index is 1520. The van der Waals surface area contributed by atoms with Crippen LogP contribution in [0.5, 0.6) is 5.75 Å². The first-order valence-corrected chi connectivity index (χ1v) is 16.8. The summed E-state index contributed by atoms with van der Waals surface area (Å²) < 4.78 is 5.83. The van der Waals surface area contributed by atoms with Crippen LogP contribution in [0.15, 0.2) is 47.7 Å². The fraction of sp³-hybridized carbons (Fsp3) is 0.467. The molecule has 2 aliphatic heterocycles. The molecule has 12 nitrogen and oxygen atoms in total. The van der Waals surface area contributed by atoms with E-state index in [1.54, 1.807) is 12.3 Å². The summed E-state index contributed by atoms with van der Waals surface area (Å²) in [5.41, 5.74) is 13.7. The van der Waals surface area contributed by atoms with Crippen LogP contribution in [0.1, 0.15) is 48.2 Å². The lowest BCUT2D eigenvalue weighted by atomic mass is 9.49. The molecule has 1 aromatic carbocycles. The summed E-state index contributed by atoms with van der Waals surface area (Å²) in [4.78, 5) is 48.5. The first-order chi connectivity index (χ1) is 21.9. The molecule has 1 aliphatic carbocycles. The molecule has 16 heteroatoms. The lowest BCUT2D eigenvalue weighted by molar-refractivity contribution is -0.121. The summed E-state index contributed by atoms with van der Waals surface area (Å²) in [7, 11) is 7.08. The van der Waals surface area contributed by atoms with Gasteiger partial charge >= 0.3 is 0 Å². The Morgan fingerprint density at radius 2 is 1.76 bits per heavy atom. The minimum Gasteiger partial charge on any atom is -0.494 e. The number of carbonyl (C=O) groups excluding carboxylic acids is 3. The van der Waals surface area contributed by atoms with Crippen molar-refractivity contribution in [1.29, 1.82) is 0 Å². The van der Waals surface area contributed by atoms with Crippen LogP contribution in [0.4, 0.5) is 5.69 Å². The van der Waals surface area contributed by atoms with E-state index in [0.717, 1.165) is 38.8 Å². The number of piperidine rings is 1. The second-order valence-electron chi connectivity index (χ2n) is 13.2. The number of nitrogens with two attached hydrogens (primary N) is 2. The summed E-state index contributed by atoms with van der Waals surface area (Å²) in [6.07, 6.45) is 9.22. The van der Waals surface area contributed by atoms with Crippen LogP contribution >= 0.6 is 11.3 Å². The number of ether oxygens (including phenoxy) is 1. The van der Waals surface area contributed by atoms with E-state index >= 15 is 0 Å². The van der Waals surface area contributed by atoms with E-state index in [9.17, 15) is 14.4 Å². The SMILES string of the molecule is BC(B)(B)NC(=O)/C(N)=C(/C=C(\N)NC(=O)C1CC1)Nc1cccc(-c2ncc(C(=O)N3CCC(N4CCCC4)CC3)s2)c1OC. The number of rotatable bonds is 11. The number of likely N-dealkylation sites (tertiary alicyclic amines) is 2. The van der Waals surface area contributed by atoms with Crippen molar-refractivity contribution in [3.8, 4) is 16.3 Å². The van der Waals surface area contributed by atoms with Crippen LogP contribution in [-0.2, 0) is 9.59 Å². The van der Waals surface area contributed by atoms with E-state index in [0.29, 0.717) is 32.9 Å². The van der Waals surface area contributed by atoms with Crippen LogP contribution < -0.4 is 32.2 Å². The Balaban J connectivity index is 1.36. The van der Waals surface area contributed by atoms with Gasteiger partial charge in [-0.3, -0.25) is 14.4 Å². The third-order valence-corrected chi connectivity index (χ3v) is 9.40. The van der Waals surface area contributed by atoms with Gasteiger partial charge in [0.1, 0.15) is 44.9 Å². The molecule has 7 N–H and O–H groups in total. The number of hydrogen-bond donors (Lipinski definition) is 5. The first kappa shape index (κ1) is 33.5. The maximum absolute atomic E-state index is 13.4. The van der Waals surface area contributed by atoms with Crippen LogP contribution in [0.2, 0.25) is 0 Å². The van der Waals surface area contributed by atoms with Gasteiger partial charge in [-0.15, -0.1) is 11.3 Å². The van der Waals surface area contributed by atoms with Crippen LogP contribution in [-0.4, -0.2) is 101 Å². The number of hydrogen-bond acceptors (Lipinski definition) is 10. The molecule has 46 heavy (non-hydrogen) atoms. The lowest BCUT2D eigenvalue weighted by Gasteiger charge is -2.36. The predicted octanol–water partition coefficient (Wildman–Crippen LogP) is -0.946. The van der Waals surface area contributed by atoms with Crippen molar-refractivity contribution in [3.05, 3.63) is 52.6 Å². The van der Waals surface area contributed by atoms with E-state index in [-0.39, 0.29) is 34.9 Å². The predicted molar refractivity (Wildman–Crippen MR) is 188 cm³/mol. The molecule has 2 aromatic rings. The highest BCUT2D eigenvalue weighted by atomic mass is 32.1. The Morgan fingerprint density at radius 1 is 1.07 bits per heavy atom. The molecule has 3 heterocycles. The zero-order valence-electron chi connectivity index (χ0n) is 27.2. The number of amides is 3. The molecule has 1 aromatic heterocycles. The quantitative estimate of drug-likeness (QED) is 0.118. The Hall–Kier alpha value is -3.91. The zero-order chi connectivity index (χ0) is 33.0. The molecule has 0 bridgehead atoms. The normalized spacial score (nSPS) is 18.5. The highest BCUT2D eigenvalue weighted by Crippen LogP contribution is 2.39. The maximum atomic E-state index is 13.4. The lowest BCUT2D eigenvalue weighted by Crippen LogP contribution is -2.51. The maximum Gasteiger partial charge on any atom is 0.267 e. The van der Waals surface area contributed by atoms with Crippen molar-refractivity contribution in [2.75, 3.05) is 38.6 Å². The summed E-state index contributed by atoms with van der Waals surface area (Å²) in [5.74, 6) is -0.242. The van der Waals surface area contributed by atoms with Crippen molar-refractivity contribution in [2.45, 2.75) is 49.8 Å². The van der Waals surface area contributed by atoms with Gasteiger partial charge in [0.15, 0.2) is 5.75 Å². The number of carbonyl (C=O) groups is 3. The van der Waals surface area contributed by atoms with Gasteiger partial charge in [-0.05, 0) is 69.0 Å². The molecule has 242 valence electrons. The smallest absolute Gasteiger partial charge is 0.267 e. The molecular weight excluding hydrogens is 601 g/mol. The minimum atomic E-state index is -0.538. The molecule has 0 spiro atoms. The second-order valence-corrected chi connectivity index (χ2v) is 14.2. The molecule has 1 saturated carbocycles. The Kier molecular flexibility index (Phi) is 10.4. The van der Waals surface area contributed by atoms with E-state index < -0.39 is 11.1 Å². The van der Waals surface area contributed by atoms with Gasteiger partial charge in [0.25, 0.3) is 11.8 Å². The van der Waals surface area contributed by atoms with Crippen molar-refractivity contribution in [3.63, 3.8) is 0 Å². The van der Waals surface area contributed by atoms with Gasteiger partial charge in [0, 0.05) is 31.1 Å². The van der Waals surface area contributed by atoms with Crippen molar-refractivity contribution in [2.24, 2.45) is 17.4 Å². The molecule has 3 aliphatic rings. The number of para-hydroxylation sites is 1. The van der Waals surface area contributed by atoms with Gasteiger partial charge < -0.3 is 42.0 Å². The summed E-state index contributed by atoms with van der Waals surface area (Å²) >= 11 is 1.31. The topological polar surface area (TPSA) is 168 Å². The monoisotopic (exact) mass is 644 g/mol. The molecule has 0 unspecified atom stereocenters. The van der Waals surface area contributed by atoms with E-state index in [4.69, 9.17) is 16.2 Å². The van der Waals surface area contributed by atoms with E-state index in [1.807, 2.05) is 40.6 Å². The Labute approximate surface area is 277 Å². The fourth-order valence-electron chi connectivity index (χ4n) is 5.86. The van der Waals surface area contributed by atoms with Gasteiger partial charge in [-0.25, -0.2) is 4.98 Å². The van der Waals surface area contributed by atoms with Crippen molar-refractivity contribution in [1.82, 2.24) is 25.4 Å². The van der Waals surface area contributed by atoms with Gasteiger partial charge in [0.2, 0.25) is 5.91 Å². The largest absolute Gasteiger partial charge is 0.494 e. The number of allylic oxidation sites excluding steroid dienone is 1. The number of anilines is 1. The summed E-state index contributed by atoms with van der Waals surface area (Å²) in [5, 5.41) is 8.81. The summed E-state index contributed by atoms with van der Waals surface area (Å²) in [6.45, 7) is 3.82. The van der Waals surface area contributed by atoms with Crippen molar-refractivity contribution < 1.29 is 19.1 Å². The minimum absolute atomic E-state index is 0.00595. The molecule has 2 saturated heterocycles. The van der Waals surface area contributed by atoms with Gasteiger partial charge in [-0.2, -0.15) is 0 Å². The van der Waals surface area contributed by atoms with E-state index in [2.05, 4.69) is 25.8 Å². The fourth-order valence-corrected chi connectivity index (χ4v) is 6.76. The number of nitrogens with zero attached hydrogens (tertiary/aromatic N) is 3. The molecule has 0 radical (unpaired) electrons. The third kappa shape index (κ3) is 8.27. The number of aromatic nitrogens is 1. The molecule has 5 rings (SSSR count). The number of nitrogens with one attached hydrogen (secondary N) is 3. The summed E-state index contributed by atoms with van der Waals surface area (Å²) in [6, 6.07) is 6.01. The zero-order valence-corrected chi connectivity index (χ0v) is 28.0. The average molecular weight is 644 g/mol. The first-order valence-electron chi connectivity index (χ1n) is 16.0. The standard InChI is InChI=1S/C30H43B3N8O4S/c1-45-25-19(28-36-16-22(46-28)29(44)41-13-9-18(10-14-41)40-11-2-3-12-40)5-4-6-20(25)37-21(24(35)27(43)39-30(31,32)33)15-23(34)38-26(42)17-7-8-17/h4-6,15-18,37H,2-3,7-14,31-35H2,1H3,(H,38,42)(H,39,43)/b23-15+,24-21+. The van der Waals surface area contributed by atoms with Crippen LogP contribution in [0, 0.1) is 5.92 Å². The van der Waals surface area contributed by atoms with Crippen LogP contribution in [0.3, 0.4) is 0 Å². The highest BCUT2D eigenvalue weighted by Gasteiger charge is 2.31. The average Bonchev–Trinajstić information content (AvgIpc) is 3.51. The molecule has 3 amide bonds. The molecule has 3 fully saturated rings. The van der Waals surface area contributed by atoms with Gasteiger partial charge in [0.05, 0.1) is 30.3 Å². The number of benzene rings is 1. The van der Waals surface area contributed by atoms with E-state index in [1.165, 1.54) is 50.5 Å². The second kappa shape index (κ2) is 14.2.